The Labute approximate surface area is 147 Å². The Morgan fingerprint density at radius 1 is 1.19 bits per heavy atom. The van der Waals surface area contributed by atoms with E-state index in [0.29, 0.717) is 12.1 Å². The minimum absolute atomic E-state index is 0.0994. The zero-order valence-electron chi connectivity index (χ0n) is 14.4. The molecular weight excluding hydrogens is 357 g/mol. The van der Waals surface area contributed by atoms with Gasteiger partial charge in [0.2, 0.25) is 0 Å². The number of nitrogens with one attached hydrogen (secondary N) is 2. The van der Waals surface area contributed by atoms with E-state index in [1.54, 1.807) is 13.8 Å². The van der Waals surface area contributed by atoms with Crippen molar-refractivity contribution in [3.63, 3.8) is 0 Å². The van der Waals surface area contributed by atoms with Gasteiger partial charge in [-0.15, -0.1) is 0 Å². The van der Waals surface area contributed by atoms with E-state index in [0.717, 1.165) is 13.2 Å². The number of esters is 1. The van der Waals surface area contributed by atoms with Gasteiger partial charge in [-0.1, -0.05) is 0 Å². The number of carbonyl (C=O) groups is 3. The first-order chi connectivity index (χ1) is 11.9. The van der Waals surface area contributed by atoms with Crippen molar-refractivity contribution in [3.05, 3.63) is 29.3 Å². The summed E-state index contributed by atoms with van der Waals surface area (Å²) in [5.41, 5.74) is -2.61. The van der Waals surface area contributed by atoms with E-state index in [-0.39, 0.29) is 24.1 Å². The van der Waals surface area contributed by atoms with Gasteiger partial charge in [0, 0.05) is 12.0 Å². The third kappa shape index (κ3) is 6.26. The first kappa shape index (κ1) is 21.3. The molecule has 1 aromatic carbocycles. The van der Waals surface area contributed by atoms with Crippen LogP contribution in [0.25, 0.3) is 0 Å². The maximum Gasteiger partial charge on any atom is 0.416 e. The van der Waals surface area contributed by atoms with Crippen molar-refractivity contribution >= 4 is 23.7 Å². The molecule has 0 aliphatic heterocycles. The summed E-state index contributed by atoms with van der Waals surface area (Å²) in [5.74, 6) is -1.97. The predicted octanol–water partition coefficient (Wildman–Crippen LogP) is 3.26. The van der Waals surface area contributed by atoms with Crippen LogP contribution in [-0.4, -0.2) is 35.7 Å². The van der Waals surface area contributed by atoms with Gasteiger partial charge in [-0.25, -0.2) is 9.59 Å². The van der Waals surface area contributed by atoms with E-state index in [1.165, 1.54) is 0 Å². The summed E-state index contributed by atoms with van der Waals surface area (Å²) in [6.07, 6.45) is -4.77. The number of alkyl halides is 3. The van der Waals surface area contributed by atoms with Gasteiger partial charge in [0.1, 0.15) is 0 Å². The lowest BCUT2D eigenvalue weighted by Crippen LogP contribution is -2.46. The summed E-state index contributed by atoms with van der Waals surface area (Å²) in [6, 6.07) is 1.34. The smallest absolute Gasteiger partial charge is 0.416 e. The summed E-state index contributed by atoms with van der Waals surface area (Å²) < 4.78 is 43.1. The van der Waals surface area contributed by atoms with E-state index in [4.69, 9.17) is 5.11 Å². The van der Waals surface area contributed by atoms with Crippen LogP contribution in [0.2, 0.25) is 0 Å². The van der Waals surface area contributed by atoms with Crippen molar-refractivity contribution in [3.8, 4) is 0 Å². The summed E-state index contributed by atoms with van der Waals surface area (Å²) in [5, 5.41) is 13.3. The van der Waals surface area contributed by atoms with E-state index < -0.39 is 35.2 Å². The quantitative estimate of drug-likeness (QED) is 0.661. The van der Waals surface area contributed by atoms with Crippen LogP contribution >= 0.6 is 0 Å². The summed E-state index contributed by atoms with van der Waals surface area (Å²) in [7, 11) is 1.05. The fraction of sp³-hybridized carbons (Fsp3) is 0.438. The highest BCUT2D eigenvalue weighted by Crippen LogP contribution is 2.32. The van der Waals surface area contributed by atoms with Gasteiger partial charge in [-0.3, -0.25) is 4.79 Å². The number of hydrogen-bond donors (Lipinski definition) is 3. The Morgan fingerprint density at radius 3 is 2.31 bits per heavy atom. The van der Waals surface area contributed by atoms with Crippen LogP contribution < -0.4 is 10.6 Å². The largest absolute Gasteiger partial charge is 0.481 e. The van der Waals surface area contributed by atoms with Crippen LogP contribution in [0.3, 0.4) is 0 Å². The lowest BCUT2D eigenvalue weighted by atomic mass is 9.99. The third-order valence-electron chi connectivity index (χ3n) is 3.42. The summed E-state index contributed by atoms with van der Waals surface area (Å²) in [4.78, 5) is 34.4. The highest BCUT2D eigenvalue weighted by molar-refractivity contribution is 6.01. The first-order valence-corrected chi connectivity index (χ1v) is 7.46. The van der Waals surface area contributed by atoms with Gasteiger partial charge in [-0.2, -0.15) is 13.2 Å². The normalized spacial score (nSPS) is 11.6. The molecule has 1 aromatic rings. The number of anilines is 1. The Bertz CT molecular complexity index is 702. The summed E-state index contributed by atoms with van der Waals surface area (Å²) in [6.45, 7) is 3.12. The van der Waals surface area contributed by atoms with Gasteiger partial charge in [0.05, 0.1) is 23.9 Å². The van der Waals surface area contributed by atoms with Crippen LogP contribution in [0.4, 0.5) is 23.7 Å². The highest BCUT2D eigenvalue weighted by atomic mass is 19.4. The van der Waals surface area contributed by atoms with Gasteiger partial charge in [-0.05, 0) is 38.5 Å². The van der Waals surface area contributed by atoms with Crippen molar-refractivity contribution in [1.82, 2.24) is 5.32 Å². The van der Waals surface area contributed by atoms with Gasteiger partial charge < -0.3 is 20.5 Å². The fourth-order valence-electron chi connectivity index (χ4n) is 2.05. The van der Waals surface area contributed by atoms with Gasteiger partial charge in [0.15, 0.2) is 0 Å². The first-order valence-electron chi connectivity index (χ1n) is 7.46. The number of carboxylic acids is 1. The van der Waals surface area contributed by atoms with Crippen molar-refractivity contribution in [2.45, 2.75) is 38.4 Å². The molecule has 7 nitrogen and oxygen atoms in total. The molecule has 0 radical (unpaired) electrons. The number of amides is 2. The van der Waals surface area contributed by atoms with Crippen molar-refractivity contribution < 1.29 is 37.4 Å². The molecule has 0 fully saturated rings. The van der Waals surface area contributed by atoms with Crippen LogP contribution in [0.1, 0.15) is 42.6 Å². The molecule has 0 aliphatic carbocycles. The number of benzene rings is 1. The molecule has 0 saturated carbocycles. The number of carbonyl (C=O) groups excluding carboxylic acids is 2. The second-order valence-corrected chi connectivity index (χ2v) is 6.11. The number of rotatable bonds is 6. The molecule has 0 heterocycles. The molecule has 3 N–H and O–H groups in total. The molecule has 1 rings (SSSR count). The maximum absolute atomic E-state index is 12.9. The zero-order chi connectivity index (χ0) is 20.1. The number of methoxy groups -OCH3 is 1. The number of hydrogen-bond acceptors (Lipinski definition) is 4. The molecular formula is C16H19F3N2O5. The molecule has 0 aliphatic rings. The van der Waals surface area contributed by atoms with Crippen LogP contribution in [0, 0.1) is 0 Å². The lowest BCUT2D eigenvalue weighted by Gasteiger charge is -2.26. The molecule has 144 valence electrons. The van der Waals surface area contributed by atoms with Crippen molar-refractivity contribution in [1.29, 1.82) is 0 Å². The van der Waals surface area contributed by atoms with Gasteiger partial charge >= 0.3 is 24.1 Å². The molecule has 10 heteroatoms. The molecule has 0 saturated heterocycles. The number of urea groups is 1. The number of aliphatic carboxylic acids is 1. The number of ether oxygens (including phenoxy) is 1. The number of carboxylic acid groups (broad SMARTS) is 1. The fourth-order valence-corrected chi connectivity index (χ4v) is 2.05. The van der Waals surface area contributed by atoms with Crippen molar-refractivity contribution in [2.75, 3.05) is 12.4 Å². The molecule has 26 heavy (non-hydrogen) atoms. The summed E-state index contributed by atoms with van der Waals surface area (Å²) >= 11 is 0. The third-order valence-corrected chi connectivity index (χ3v) is 3.42. The molecule has 0 unspecified atom stereocenters. The van der Waals surface area contributed by atoms with E-state index in [9.17, 15) is 27.6 Å². The highest BCUT2D eigenvalue weighted by Gasteiger charge is 2.32. The topological polar surface area (TPSA) is 105 Å². The SMILES string of the molecule is COC(=O)c1ccc(C(F)(F)F)cc1NC(=O)NC(C)(C)CCC(=O)O. The Morgan fingerprint density at radius 2 is 1.81 bits per heavy atom. The Balaban J connectivity index is 3.03. The monoisotopic (exact) mass is 376 g/mol. The second kappa shape index (κ2) is 8.07. The van der Waals surface area contributed by atoms with Gasteiger partial charge in [0.25, 0.3) is 0 Å². The zero-order valence-corrected chi connectivity index (χ0v) is 14.4. The number of halogens is 3. The van der Waals surface area contributed by atoms with E-state index in [1.807, 2.05) is 0 Å². The van der Waals surface area contributed by atoms with Crippen molar-refractivity contribution in [2.24, 2.45) is 0 Å². The predicted molar refractivity (Wildman–Crippen MR) is 85.9 cm³/mol. The average Bonchev–Trinajstić information content (AvgIpc) is 2.50. The molecule has 2 amide bonds. The minimum atomic E-state index is -4.66. The molecule has 0 aromatic heterocycles. The molecule has 0 bridgehead atoms. The molecule has 0 spiro atoms. The maximum atomic E-state index is 12.9. The standard InChI is InChI=1S/C16H19F3N2O5/c1-15(2,7-6-12(22)23)21-14(25)20-11-8-9(16(17,18)19)4-5-10(11)13(24)26-3/h4-5,8H,6-7H2,1-3H3,(H,22,23)(H2,20,21,25). The van der Waals surface area contributed by atoms with E-state index in [2.05, 4.69) is 15.4 Å². The Kier molecular flexibility index (Phi) is 6.60. The van der Waals surface area contributed by atoms with Crippen LogP contribution in [0.15, 0.2) is 18.2 Å². The average molecular weight is 376 g/mol. The minimum Gasteiger partial charge on any atom is -0.481 e. The van der Waals surface area contributed by atoms with Crippen LogP contribution in [0.5, 0.6) is 0 Å². The molecule has 0 atom stereocenters. The second-order valence-electron chi connectivity index (χ2n) is 6.11. The van der Waals surface area contributed by atoms with Crippen LogP contribution in [-0.2, 0) is 15.7 Å². The van der Waals surface area contributed by atoms with E-state index >= 15 is 0 Å². The Hall–Kier alpha value is -2.78. The lowest BCUT2D eigenvalue weighted by molar-refractivity contribution is -0.138.